The SMILES string of the molecule is C[C@H](/C=C/S(C)(=O)=O)NC(=O)c1ncc(N[C@H](c2cccc(F)c2Cl)C2CC2)c2nccn12. The predicted molar refractivity (Wildman–Crippen MR) is 124 cm³/mol. The van der Waals surface area contributed by atoms with Crippen molar-refractivity contribution in [2.45, 2.75) is 31.8 Å². The Kier molecular flexibility index (Phi) is 6.40. The molecular formula is C22H23ClFN5O3S. The highest BCUT2D eigenvalue weighted by Gasteiger charge is 2.34. The van der Waals surface area contributed by atoms with Crippen LogP contribution in [0.2, 0.25) is 5.02 Å². The molecule has 0 unspecified atom stereocenters. The van der Waals surface area contributed by atoms with Crippen molar-refractivity contribution in [2.75, 3.05) is 11.6 Å². The van der Waals surface area contributed by atoms with Gasteiger partial charge in [-0.05, 0) is 37.3 Å². The molecule has 0 spiro atoms. The van der Waals surface area contributed by atoms with E-state index in [2.05, 4.69) is 20.6 Å². The maximum Gasteiger partial charge on any atom is 0.288 e. The highest BCUT2D eigenvalue weighted by atomic mass is 35.5. The van der Waals surface area contributed by atoms with Gasteiger partial charge in [-0.25, -0.2) is 22.8 Å². The summed E-state index contributed by atoms with van der Waals surface area (Å²) in [5, 5.41) is 7.22. The predicted octanol–water partition coefficient (Wildman–Crippen LogP) is 3.76. The molecule has 0 saturated heterocycles. The summed E-state index contributed by atoms with van der Waals surface area (Å²) in [7, 11) is -3.30. The van der Waals surface area contributed by atoms with Crippen LogP contribution in [0.25, 0.3) is 5.65 Å². The zero-order valence-corrected chi connectivity index (χ0v) is 19.6. The zero-order valence-electron chi connectivity index (χ0n) is 18.0. The van der Waals surface area contributed by atoms with Crippen LogP contribution >= 0.6 is 11.6 Å². The van der Waals surface area contributed by atoms with Gasteiger partial charge in [-0.15, -0.1) is 0 Å². The van der Waals surface area contributed by atoms with E-state index in [0.717, 1.165) is 24.5 Å². The van der Waals surface area contributed by atoms with Gasteiger partial charge in [0.15, 0.2) is 15.5 Å². The van der Waals surface area contributed by atoms with Crippen molar-refractivity contribution in [2.24, 2.45) is 5.92 Å². The van der Waals surface area contributed by atoms with E-state index in [0.29, 0.717) is 22.8 Å². The lowest BCUT2D eigenvalue weighted by Crippen LogP contribution is -2.33. The van der Waals surface area contributed by atoms with Gasteiger partial charge in [-0.2, -0.15) is 0 Å². The summed E-state index contributed by atoms with van der Waals surface area (Å²) < 4.78 is 38.2. The van der Waals surface area contributed by atoms with E-state index in [4.69, 9.17) is 11.6 Å². The number of aromatic nitrogens is 3. The number of halogens is 2. The number of nitrogens with zero attached hydrogens (tertiary/aromatic N) is 3. The number of amides is 1. The van der Waals surface area contributed by atoms with E-state index in [1.807, 2.05) is 0 Å². The lowest BCUT2D eigenvalue weighted by molar-refractivity contribution is 0.0935. The molecular weight excluding hydrogens is 469 g/mol. The Morgan fingerprint density at radius 3 is 2.79 bits per heavy atom. The first-order valence-corrected chi connectivity index (χ1v) is 12.7. The third-order valence-electron chi connectivity index (χ3n) is 5.32. The summed E-state index contributed by atoms with van der Waals surface area (Å²) in [6.07, 6.45) is 9.11. The van der Waals surface area contributed by atoms with Crippen molar-refractivity contribution in [3.05, 3.63) is 70.5 Å². The largest absolute Gasteiger partial charge is 0.374 e. The molecule has 1 saturated carbocycles. The number of carbonyl (C=O) groups is 1. The number of benzene rings is 1. The first kappa shape index (κ1) is 23.2. The molecule has 1 aliphatic rings. The Hall–Kier alpha value is -2.98. The number of carbonyl (C=O) groups excluding carboxylic acids is 1. The van der Waals surface area contributed by atoms with Gasteiger partial charge < -0.3 is 10.6 Å². The Labute approximate surface area is 195 Å². The van der Waals surface area contributed by atoms with E-state index in [-0.39, 0.29) is 16.9 Å². The third kappa shape index (κ3) is 5.33. The number of imidazole rings is 1. The van der Waals surface area contributed by atoms with Crippen LogP contribution in [-0.4, -0.2) is 41.0 Å². The molecule has 2 heterocycles. The van der Waals surface area contributed by atoms with Crippen LogP contribution < -0.4 is 10.6 Å². The molecule has 1 aliphatic carbocycles. The van der Waals surface area contributed by atoms with Crippen molar-refractivity contribution in [1.29, 1.82) is 0 Å². The molecule has 174 valence electrons. The molecule has 33 heavy (non-hydrogen) atoms. The first-order valence-electron chi connectivity index (χ1n) is 10.4. The summed E-state index contributed by atoms with van der Waals surface area (Å²) in [5.41, 5.74) is 1.73. The monoisotopic (exact) mass is 491 g/mol. The Bertz CT molecular complexity index is 1340. The van der Waals surface area contributed by atoms with Gasteiger partial charge in [0.25, 0.3) is 5.91 Å². The number of hydrogen-bond acceptors (Lipinski definition) is 6. The maximum atomic E-state index is 14.1. The fraction of sp³-hybridized carbons (Fsp3) is 0.318. The Morgan fingerprint density at radius 2 is 2.09 bits per heavy atom. The number of rotatable bonds is 8. The third-order valence-corrected chi connectivity index (χ3v) is 6.37. The van der Waals surface area contributed by atoms with Gasteiger partial charge in [-0.3, -0.25) is 9.20 Å². The molecule has 0 aliphatic heterocycles. The standard InChI is InChI=1S/C22H23ClFN5O3S/c1-13(8-11-33(2,31)32)27-22(30)21-26-12-17(20-25-9-10-29(20)21)28-19(14-6-7-14)15-4-3-5-16(24)18(15)23/h3-5,8-14,19,28H,6-7H2,1-2H3,(H,27,30)/b11-8+/t13-,19+/m1/s1. The minimum atomic E-state index is -3.30. The Balaban J connectivity index is 1.60. The highest BCUT2D eigenvalue weighted by molar-refractivity contribution is 7.93. The molecule has 1 fully saturated rings. The van der Waals surface area contributed by atoms with Crippen molar-refractivity contribution in [3.8, 4) is 0 Å². The topological polar surface area (TPSA) is 105 Å². The minimum Gasteiger partial charge on any atom is -0.374 e. The molecule has 4 rings (SSSR count). The average molecular weight is 492 g/mol. The molecule has 11 heteroatoms. The van der Waals surface area contributed by atoms with Crippen LogP contribution in [0.4, 0.5) is 10.1 Å². The van der Waals surface area contributed by atoms with Gasteiger partial charge in [0.2, 0.25) is 5.82 Å². The fourth-order valence-electron chi connectivity index (χ4n) is 3.58. The van der Waals surface area contributed by atoms with E-state index < -0.39 is 27.6 Å². The van der Waals surface area contributed by atoms with Crippen LogP contribution in [0, 0.1) is 11.7 Å². The maximum absolute atomic E-state index is 14.1. The van der Waals surface area contributed by atoms with Crippen LogP contribution in [0.1, 0.15) is 42.0 Å². The smallest absolute Gasteiger partial charge is 0.288 e. The molecule has 2 aromatic heterocycles. The van der Waals surface area contributed by atoms with Crippen LogP contribution in [0.3, 0.4) is 0 Å². The highest BCUT2D eigenvalue weighted by Crippen LogP contribution is 2.45. The normalized spacial score (nSPS) is 16.1. The van der Waals surface area contributed by atoms with Gasteiger partial charge in [0, 0.05) is 30.1 Å². The molecule has 3 aromatic rings. The van der Waals surface area contributed by atoms with Crippen molar-refractivity contribution < 1.29 is 17.6 Å². The van der Waals surface area contributed by atoms with Gasteiger partial charge in [0.05, 0.1) is 22.9 Å². The molecule has 8 nitrogen and oxygen atoms in total. The van der Waals surface area contributed by atoms with Crippen LogP contribution in [0.5, 0.6) is 0 Å². The number of nitrogens with one attached hydrogen (secondary N) is 2. The van der Waals surface area contributed by atoms with E-state index >= 15 is 0 Å². The molecule has 0 radical (unpaired) electrons. The molecule has 0 bridgehead atoms. The summed E-state index contributed by atoms with van der Waals surface area (Å²) in [5.74, 6) is -0.567. The summed E-state index contributed by atoms with van der Waals surface area (Å²) in [6, 6.07) is 3.99. The summed E-state index contributed by atoms with van der Waals surface area (Å²) >= 11 is 6.24. The first-order chi connectivity index (χ1) is 15.6. The lowest BCUT2D eigenvalue weighted by Gasteiger charge is -2.22. The molecule has 1 amide bonds. The summed E-state index contributed by atoms with van der Waals surface area (Å²) in [4.78, 5) is 21.4. The summed E-state index contributed by atoms with van der Waals surface area (Å²) in [6.45, 7) is 1.66. The van der Waals surface area contributed by atoms with Crippen molar-refractivity contribution >= 4 is 38.7 Å². The lowest BCUT2D eigenvalue weighted by atomic mass is 10.0. The minimum absolute atomic E-state index is 0.0846. The Morgan fingerprint density at radius 1 is 1.33 bits per heavy atom. The van der Waals surface area contributed by atoms with Crippen molar-refractivity contribution in [3.63, 3.8) is 0 Å². The van der Waals surface area contributed by atoms with Gasteiger partial charge in [-0.1, -0.05) is 29.8 Å². The van der Waals surface area contributed by atoms with Crippen LogP contribution in [0.15, 0.2) is 48.3 Å². The van der Waals surface area contributed by atoms with Crippen molar-refractivity contribution in [1.82, 2.24) is 19.7 Å². The number of sulfone groups is 1. The van der Waals surface area contributed by atoms with E-state index in [1.54, 1.807) is 35.9 Å². The molecule has 1 aromatic carbocycles. The van der Waals surface area contributed by atoms with Gasteiger partial charge in [0.1, 0.15) is 5.82 Å². The second kappa shape index (κ2) is 9.11. The van der Waals surface area contributed by atoms with Crippen LogP contribution in [-0.2, 0) is 9.84 Å². The van der Waals surface area contributed by atoms with Gasteiger partial charge >= 0.3 is 0 Å². The number of hydrogen-bond donors (Lipinski definition) is 2. The molecule has 2 atom stereocenters. The number of anilines is 1. The quantitative estimate of drug-likeness (QED) is 0.497. The van der Waals surface area contributed by atoms with E-state index in [1.165, 1.54) is 18.3 Å². The van der Waals surface area contributed by atoms with E-state index in [9.17, 15) is 17.6 Å². The number of fused-ring (bicyclic) bond motifs is 1. The fourth-order valence-corrected chi connectivity index (χ4v) is 4.34. The average Bonchev–Trinajstić information content (AvgIpc) is 3.47. The zero-order chi connectivity index (χ0) is 23.8. The second-order valence-electron chi connectivity index (χ2n) is 8.14. The molecule has 2 N–H and O–H groups in total. The second-order valence-corrected chi connectivity index (χ2v) is 10.4.